The van der Waals surface area contributed by atoms with Crippen LogP contribution in [-0.4, -0.2) is 62.3 Å². The van der Waals surface area contributed by atoms with Crippen molar-refractivity contribution in [3.05, 3.63) is 0 Å². The van der Waals surface area contributed by atoms with E-state index in [2.05, 4.69) is 22.0 Å². The van der Waals surface area contributed by atoms with Gasteiger partial charge in [0.1, 0.15) is 0 Å². The molecule has 0 amide bonds. The van der Waals surface area contributed by atoms with Gasteiger partial charge < -0.3 is 15.0 Å². The van der Waals surface area contributed by atoms with Gasteiger partial charge in [-0.1, -0.05) is 0 Å². The maximum absolute atomic E-state index is 5.36. The molecule has 2 saturated heterocycles. The molecule has 2 aliphatic rings. The second-order valence-electron chi connectivity index (χ2n) is 4.71. The first-order valence-corrected chi connectivity index (χ1v) is 7.69. The molecule has 2 rings (SSSR count). The van der Waals surface area contributed by atoms with E-state index in [1.165, 1.54) is 50.5 Å². The summed E-state index contributed by atoms with van der Waals surface area (Å²) in [5.41, 5.74) is 0. The van der Waals surface area contributed by atoms with Crippen molar-refractivity contribution in [1.29, 1.82) is 0 Å². The maximum atomic E-state index is 5.36. The molecule has 0 aliphatic carbocycles. The average molecular weight is 244 g/mol. The van der Waals surface area contributed by atoms with Crippen molar-refractivity contribution in [3.8, 4) is 0 Å². The zero-order valence-electron chi connectivity index (χ0n) is 10.1. The molecule has 0 saturated carbocycles. The Balaban J connectivity index is 1.47. The van der Waals surface area contributed by atoms with Gasteiger partial charge in [0.05, 0.1) is 0 Å². The Kier molecular flexibility index (Phi) is 5.97. The maximum Gasteiger partial charge on any atom is 0.0469 e. The number of thioether (sulfide) groups is 1. The van der Waals surface area contributed by atoms with Gasteiger partial charge in [0.15, 0.2) is 0 Å². The average Bonchev–Trinajstić information content (AvgIpc) is 2.37. The summed E-state index contributed by atoms with van der Waals surface area (Å²) in [6, 6.07) is 0. The monoisotopic (exact) mass is 244 g/mol. The van der Waals surface area contributed by atoms with Crippen LogP contribution in [0.25, 0.3) is 0 Å². The number of nitrogens with zero attached hydrogens (tertiary/aromatic N) is 1. The van der Waals surface area contributed by atoms with Crippen molar-refractivity contribution in [3.63, 3.8) is 0 Å². The van der Waals surface area contributed by atoms with Crippen molar-refractivity contribution >= 4 is 11.8 Å². The lowest BCUT2D eigenvalue weighted by molar-refractivity contribution is 0.0662. The summed E-state index contributed by atoms with van der Waals surface area (Å²) in [4.78, 5) is 2.58. The Morgan fingerprint density at radius 2 is 1.94 bits per heavy atom. The first-order chi connectivity index (χ1) is 7.95. The van der Waals surface area contributed by atoms with Crippen molar-refractivity contribution < 1.29 is 4.74 Å². The molecule has 2 fully saturated rings. The molecule has 16 heavy (non-hydrogen) atoms. The Hall–Kier alpha value is 0.230. The van der Waals surface area contributed by atoms with Crippen molar-refractivity contribution in [2.24, 2.45) is 5.92 Å². The van der Waals surface area contributed by atoms with E-state index in [9.17, 15) is 0 Å². The van der Waals surface area contributed by atoms with Crippen LogP contribution < -0.4 is 5.32 Å². The molecule has 0 aromatic carbocycles. The molecule has 1 N–H and O–H groups in total. The molecule has 0 spiro atoms. The van der Waals surface area contributed by atoms with Crippen molar-refractivity contribution in [2.75, 3.05) is 57.4 Å². The molecule has 0 bridgehead atoms. The molecule has 94 valence electrons. The highest BCUT2D eigenvalue weighted by molar-refractivity contribution is 7.99. The summed E-state index contributed by atoms with van der Waals surface area (Å²) in [5, 5.41) is 3.60. The van der Waals surface area contributed by atoms with E-state index in [1.54, 1.807) is 0 Å². The highest BCUT2D eigenvalue weighted by atomic mass is 32.2. The Morgan fingerprint density at radius 1 is 1.19 bits per heavy atom. The van der Waals surface area contributed by atoms with Gasteiger partial charge in [0, 0.05) is 50.9 Å². The largest absolute Gasteiger partial charge is 0.381 e. The summed E-state index contributed by atoms with van der Waals surface area (Å²) in [7, 11) is 0. The van der Waals surface area contributed by atoms with Crippen LogP contribution >= 0.6 is 11.8 Å². The molecular weight excluding hydrogens is 220 g/mol. The third-order valence-electron chi connectivity index (χ3n) is 3.48. The minimum Gasteiger partial charge on any atom is -0.381 e. The number of hydrogen-bond acceptors (Lipinski definition) is 4. The van der Waals surface area contributed by atoms with E-state index >= 15 is 0 Å². The van der Waals surface area contributed by atoms with E-state index in [4.69, 9.17) is 4.74 Å². The van der Waals surface area contributed by atoms with Gasteiger partial charge in [-0.05, 0) is 25.3 Å². The van der Waals surface area contributed by atoms with E-state index < -0.39 is 0 Å². The zero-order chi connectivity index (χ0) is 11.1. The summed E-state index contributed by atoms with van der Waals surface area (Å²) >= 11 is 2.08. The Labute approximate surface area is 103 Å². The van der Waals surface area contributed by atoms with Crippen LogP contribution in [0.15, 0.2) is 0 Å². The fourth-order valence-electron chi connectivity index (χ4n) is 2.32. The van der Waals surface area contributed by atoms with Gasteiger partial charge in [0.25, 0.3) is 0 Å². The van der Waals surface area contributed by atoms with Crippen LogP contribution in [0, 0.1) is 5.92 Å². The molecule has 0 unspecified atom stereocenters. The molecule has 2 aliphatic heterocycles. The molecule has 0 radical (unpaired) electrons. The molecule has 0 aromatic heterocycles. The SMILES string of the molecule is C(CN1CCSCC1)NCC1CCOCC1. The quantitative estimate of drug-likeness (QED) is 0.731. The smallest absolute Gasteiger partial charge is 0.0469 e. The molecule has 3 nitrogen and oxygen atoms in total. The second-order valence-corrected chi connectivity index (χ2v) is 5.94. The predicted octanol–water partition coefficient (Wildman–Crippen LogP) is 1.05. The van der Waals surface area contributed by atoms with Gasteiger partial charge >= 0.3 is 0 Å². The summed E-state index contributed by atoms with van der Waals surface area (Å²) < 4.78 is 5.36. The van der Waals surface area contributed by atoms with Crippen LogP contribution in [0.4, 0.5) is 0 Å². The molecule has 4 heteroatoms. The number of rotatable bonds is 5. The molecular formula is C12H24N2OS. The highest BCUT2D eigenvalue weighted by Gasteiger charge is 2.13. The fourth-order valence-corrected chi connectivity index (χ4v) is 3.30. The summed E-state index contributed by atoms with van der Waals surface area (Å²) in [6.45, 7) is 8.07. The van der Waals surface area contributed by atoms with E-state index in [0.717, 1.165) is 25.7 Å². The van der Waals surface area contributed by atoms with Gasteiger partial charge in [-0.2, -0.15) is 11.8 Å². The number of nitrogens with one attached hydrogen (secondary N) is 1. The predicted molar refractivity (Wildman–Crippen MR) is 70.2 cm³/mol. The van der Waals surface area contributed by atoms with Gasteiger partial charge in [-0.15, -0.1) is 0 Å². The minimum absolute atomic E-state index is 0.852. The van der Waals surface area contributed by atoms with Gasteiger partial charge in [-0.25, -0.2) is 0 Å². The second kappa shape index (κ2) is 7.54. The summed E-state index contributed by atoms with van der Waals surface area (Å²) in [5.74, 6) is 3.49. The lowest BCUT2D eigenvalue weighted by Crippen LogP contribution is -2.39. The van der Waals surface area contributed by atoms with Gasteiger partial charge in [0.2, 0.25) is 0 Å². The highest BCUT2D eigenvalue weighted by Crippen LogP contribution is 2.13. The van der Waals surface area contributed by atoms with Crippen LogP contribution in [-0.2, 0) is 4.74 Å². The van der Waals surface area contributed by atoms with Crippen LogP contribution in [0.5, 0.6) is 0 Å². The zero-order valence-corrected chi connectivity index (χ0v) is 10.9. The minimum atomic E-state index is 0.852. The topological polar surface area (TPSA) is 24.5 Å². The first-order valence-electron chi connectivity index (χ1n) is 6.54. The van der Waals surface area contributed by atoms with Crippen molar-refractivity contribution in [2.45, 2.75) is 12.8 Å². The van der Waals surface area contributed by atoms with Crippen LogP contribution in [0.1, 0.15) is 12.8 Å². The van der Waals surface area contributed by atoms with E-state index in [1.807, 2.05) is 0 Å². The normalized spacial score (nSPS) is 24.8. The third-order valence-corrected chi connectivity index (χ3v) is 4.42. The molecule has 0 atom stereocenters. The molecule has 0 aromatic rings. The Morgan fingerprint density at radius 3 is 2.69 bits per heavy atom. The van der Waals surface area contributed by atoms with Gasteiger partial charge in [-0.3, -0.25) is 0 Å². The van der Waals surface area contributed by atoms with Crippen molar-refractivity contribution in [1.82, 2.24) is 10.2 Å². The third kappa shape index (κ3) is 4.62. The fraction of sp³-hybridized carbons (Fsp3) is 1.00. The lowest BCUT2D eigenvalue weighted by atomic mass is 10.0. The van der Waals surface area contributed by atoms with E-state index in [0.29, 0.717) is 0 Å². The summed E-state index contributed by atoms with van der Waals surface area (Å²) in [6.07, 6.45) is 2.49. The number of ether oxygens (including phenoxy) is 1. The van der Waals surface area contributed by atoms with Crippen LogP contribution in [0.2, 0.25) is 0 Å². The Bertz CT molecular complexity index is 160. The first kappa shape index (κ1) is 12.7. The van der Waals surface area contributed by atoms with E-state index in [-0.39, 0.29) is 0 Å². The lowest BCUT2D eigenvalue weighted by Gasteiger charge is -2.27. The standard InChI is InChI=1S/C12H24N2OS/c1-7-15-8-2-12(1)11-13-3-4-14-5-9-16-10-6-14/h12-13H,1-11H2. The molecule has 2 heterocycles. The number of hydrogen-bond donors (Lipinski definition) is 1. The van der Waals surface area contributed by atoms with Crippen LogP contribution in [0.3, 0.4) is 0 Å².